The minimum absolute atomic E-state index is 0.165. The molecule has 0 saturated carbocycles. The number of rotatable bonds is 1. The van der Waals surface area contributed by atoms with Gasteiger partial charge in [-0.25, -0.2) is 4.39 Å². The Kier molecular flexibility index (Phi) is 3.38. The fraction of sp³-hybridized carbons (Fsp3) is 0.500. The third-order valence-corrected chi connectivity index (χ3v) is 3.11. The van der Waals surface area contributed by atoms with Crippen molar-refractivity contribution in [2.45, 2.75) is 24.9 Å². The first-order valence-electron chi connectivity index (χ1n) is 5.56. The van der Waals surface area contributed by atoms with Gasteiger partial charge in [-0.1, -0.05) is 6.07 Å². The molecule has 1 aliphatic rings. The lowest BCUT2D eigenvalue weighted by molar-refractivity contribution is -0.138. The van der Waals surface area contributed by atoms with Crippen LogP contribution in [-0.4, -0.2) is 13.1 Å². The summed E-state index contributed by atoms with van der Waals surface area (Å²) < 4.78 is 52.0. The van der Waals surface area contributed by atoms with Crippen molar-refractivity contribution >= 4 is 0 Å². The van der Waals surface area contributed by atoms with Gasteiger partial charge >= 0.3 is 6.18 Å². The minimum atomic E-state index is -4.48. The van der Waals surface area contributed by atoms with Crippen molar-refractivity contribution in [3.63, 3.8) is 0 Å². The van der Waals surface area contributed by atoms with Gasteiger partial charge in [0.05, 0.1) is 5.56 Å². The first-order valence-corrected chi connectivity index (χ1v) is 5.56. The van der Waals surface area contributed by atoms with Gasteiger partial charge in [-0.15, -0.1) is 0 Å². The van der Waals surface area contributed by atoms with Crippen molar-refractivity contribution in [3.8, 4) is 0 Å². The van der Waals surface area contributed by atoms with Crippen molar-refractivity contribution in [2.75, 3.05) is 13.1 Å². The maximum absolute atomic E-state index is 13.6. The highest BCUT2D eigenvalue weighted by Gasteiger charge is 2.36. The molecule has 17 heavy (non-hydrogen) atoms. The molecular formula is C12H13F4N. The molecule has 1 fully saturated rings. The Hall–Kier alpha value is -1.10. The van der Waals surface area contributed by atoms with E-state index in [-0.39, 0.29) is 11.5 Å². The van der Waals surface area contributed by atoms with Crippen LogP contribution in [0.25, 0.3) is 0 Å². The van der Waals surface area contributed by atoms with Crippen LogP contribution in [0.1, 0.15) is 29.9 Å². The first-order chi connectivity index (χ1) is 8.00. The molecule has 2 rings (SSSR count). The topological polar surface area (TPSA) is 12.0 Å². The number of benzene rings is 1. The number of halogens is 4. The number of hydrogen-bond acceptors (Lipinski definition) is 1. The second-order valence-electron chi connectivity index (χ2n) is 4.22. The van der Waals surface area contributed by atoms with Crippen molar-refractivity contribution in [1.82, 2.24) is 5.32 Å². The van der Waals surface area contributed by atoms with Gasteiger partial charge in [-0.05, 0) is 44.0 Å². The highest BCUT2D eigenvalue weighted by Crippen LogP contribution is 2.39. The quantitative estimate of drug-likeness (QED) is 0.751. The summed E-state index contributed by atoms with van der Waals surface area (Å²) in [6, 6.07) is 3.18. The minimum Gasteiger partial charge on any atom is -0.317 e. The van der Waals surface area contributed by atoms with E-state index in [4.69, 9.17) is 0 Å². The standard InChI is InChI=1S/C12H13F4N/c13-10-3-1-2-9(12(14,15)16)11(10)8-4-6-17-7-5-8/h1-3,8,17H,4-7H2. The van der Waals surface area contributed by atoms with Crippen LogP contribution in [-0.2, 0) is 6.18 Å². The third-order valence-electron chi connectivity index (χ3n) is 3.11. The molecule has 0 aliphatic carbocycles. The van der Waals surface area contributed by atoms with Gasteiger partial charge in [0.2, 0.25) is 0 Å². The molecule has 0 spiro atoms. The average Bonchev–Trinajstić information content (AvgIpc) is 2.28. The maximum Gasteiger partial charge on any atom is 0.416 e. The summed E-state index contributed by atoms with van der Waals surface area (Å²) in [5.74, 6) is -1.08. The summed E-state index contributed by atoms with van der Waals surface area (Å²) in [5.41, 5.74) is -0.995. The van der Waals surface area contributed by atoms with Gasteiger partial charge in [-0.2, -0.15) is 13.2 Å². The lowest BCUT2D eigenvalue weighted by Crippen LogP contribution is -2.28. The largest absolute Gasteiger partial charge is 0.416 e. The van der Waals surface area contributed by atoms with Gasteiger partial charge < -0.3 is 5.32 Å². The zero-order valence-corrected chi connectivity index (χ0v) is 9.15. The molecule has 1 nitrogen and oxygen atoms in total. The van der Waals surface area contributed by atoms with E-state index < -0.39 is 17.6 Å². The van der Waals surface area contributed by atoms with Gasteiger partial charge in [0.15, 0.2) is 0 Å². The normalized spacial score (nSPS) is 18.4. The smallest absolute Gasteiger partial charge is 0.317 e. The van der Waals surface area contributed by atoms with E-state index in [1.807, 2.05) is 0 Å². The molecule has 1 saturated heterocycles. The summed E-state index contributed by atoms with van der Waals surface area (Å²) in [6.45, 7) is 1.27. The highest BCUT2D eigenvalue weighted by molar-refractivity contribution is 5.34. The molecule has 1 aromatic rings. The van der Waals surface area contributed by atoms with E-state index in [0.29, 0.717) is 25.9 Å². The van der Waals surface area contributed by atoms with Gasteiger partial charge in [0.25, 0.3) is 0 Å². The highest BCUT2D eigenvalue weighted by atomic mass is 19.4. The molecule has 0 unspecified atom stereocenters. The lowest BCUT2D eigenvalue weighted by atomic mass is 9.86. The number of piperidine rings is 1. The van der Waals surface area contributed by atoms with E-state index >= 15 is 0 Å². The second-order valence-corrected chi connectivity index (χ2v) is 4.22. The van der Waals surface area contributed by atoms with Gasteiger partial charge in [0.1, 0.15) is 5.82 Å². The van der Waals surface area contributed by atoms with Crippen LogP contribution in [0, 0.1) is 5.82 Å². The Morgan fingerprint density at radius 1 is 1.12 bits per heavy atom. The summed E-state index contributed by atoms with van der Waals surface area (Å²) in [5, 5.41) is 3.06. The van der Waals surface area contributed by atoms with Crippen LogP contribution >= 0.6 is 0 Å². The van der Waals surface area contributed by atoms with E-state index in [1.165, 1.54) is 0 Å². The molecule has 0 amide bonds. The van der Waals surface area contributed by atoms with Crippen LogP contribution in [0.5, 0.6) is 0 Å². The molecule has 1 aliphatic heterocycles. The zero-order valence-electron chi connectivity index (χ0n) is 9.15. The van der Waals surface area contributed by atoms with Crippen LogP contribution in [0.15, 0.2) is 18.2 Å². The summed E-state index contributed by atoms with van der Waals surface area (Å²) >= 11 is 0. The number of nitrogens with one attached hydrogen (secondary N) is 1. The fourth-order valence-corrected chi connectivity index (χ4v) is 2.31. The summed E-state index contributed by atoms with van der Waals surface area (Å²) in [4.78, 5) is 0. The number of alkyl halides is 3. The Morgan fingerprint density at radius 2 is 1.76 bits per heavy atom. The third kappa shape index (κ3) is 2.60. The van der Waals surface area contributed by atoms with E-state index in [1.54, 1.807) is 0 Å². The van der Waals surface area contributed by atoms with Gasteiger partial charge in [0, 0.05) is 5.56 Å². The molecule has 1 aromatic carbocycles. The fourth-order valence-electron chi connectivity index (χ4n) is 2.31. The molecular weight excluding hydrogens is 234 g/mol. The predicted octanol–water partition coefficient (Wildman–Crippen LogP) is 3.31. The SMILES string of the molecule is Fc1cccc(C(F)(F)F)c1C1CCNCC1. The second kappa shape index (κ2) is 4.64. The molecule has 0 bridgehead atoms. The summed E-state index contributed by atoms with van der Waals surface area (Å²) in [6.07, 6.45) is -3.39. The Bertz CT molecular complexity index is 394. The van der Waals surface area contributed by atoms with Crippen LogP contribution in [0.4, 0.5) is 17.6 Å². The van der Waals surface area contributed by atoms with Crippen molar-refractivity contribution in [2.24, 2.45) is 0 Å². The van der Waals surface area contributed by atoms with Gasteiger partial charge in [-0.3, -0.25) is 0 Å². The predicted molar refractivity (Wildman–Crippen MR) is 56.2 cm³/mol. The summed E-state index contributed by atoms with van der Waals surface area (Å²) in [7, 11) is 0. The van der Waals surface area contributed by atoms with Crippen LogP contribution in [0.2, 0.25) is 0 Å². The molecule has 0 aromatic heterocycles. The molecule has 0 atom stereocenters. The maximum atomic E-state index is 13.6. The van der Waals surface area contributed by atoms with E-state index in [0.717, 1.165) is 18.2 Å². The Labute approximate surface area is 96.8 Å². The Morgan fingerprint density at radius 3 is 2.35 bits per heavy atom. The van der Waals surface area contributed by atoms with Crippen molar-refractivity contribution in [3.05, 3.63) is 35.1 Å². The molecule has 94 valence electrons. The monoisotopic (exact) mass is 247 g/mol. The molecule has 0 radical (unpaired) electrons. The van der Waals surface area contributed by atoms with Crippen LogP contribution < -0.4 is 5.32 Å². The van der Waals surface area contributed by atoms with Crippen LogP contribution in [0.3, 0.4) is 0 Å². The van der Waals surface area contributed by atoms with E-state index in [9.17, 15) is 17.6 Å². The molecule has 1 heterocycles. The first kappa shape index (κ1) is 12.4. The zero-order chi connectivity index (χ0) is 12.5. The lowest BCUT2D eigenvalue weighted by Gasteiger charge is -2.26. The van der Waals surface area contributed by atoms with Crippen molar-refractivity contribution < 1.29 is 17.6 Å². The average molecular weight is 247 g/mol. The molecule has 1 N–H and O–H groups in total. The van der Waals surface area contributed by atoms with E-state index in [2.05, 4.69) is 5.32 Å². The van der Waals surface area contributed by atoms with Crippen molar-refractivity contribution in [1.29, 1.82) is 0 Å². The number of hydrogen-bond donors (Lipinski definition) is 1. The molecule has 5 heteroatoms. The Balaban J connectivity index is 2.43.